The SMILES string of the molecule is COc1ccc(/C(=C/C#N)c2ccc(N3CCC(O)CC3)s2)cc1OC.Cl. The van der Waals surface area contributed by atoms with Crippen molar-refractivity contribution < 1.29 is 14.6 Å². The summed E-state index contributed by atoms with van der Waals surface area (Å²) in [6.45, 7) is 1.71. The number of anilines is 1. The maximum absolute atomic E-state index is 9.69. The normalized spacial score (nSPS) is 15.0. The number of aliphatic hydroxyl groups is 1. The number of thiophene rings is 1. The summed E-state index contributed by atoms with van der Waals surface area (Å²) in [5.74, 6) is 1.29. The molecule has 2 heterocycles. The molecule has 3 rings (SSSR count). The van der Waals surface area contributed by atoms with E-state index in [-0.39, 0.29) is 18.5 Å². The van der Waals surface area contributed by atoms with Crippen molar-refractivity contribution in [1.82, 2.24) is 0 Å². The van der Waals surface area contributed by atoms with Crippen LogP contribution in [0, 0.1) is 11.3 Å². The zero-order chi connectivity index (χ0) is 18.5. The first-order valence-corrected chi connectivity index (χ1v) is 9.33. The topological polar surface area (TPSA) is 65.7 Å². The molecule has 0 spiro atoms. The molecule has 1 aromatic heterocycles. The van der Waals surface area contributed by atoms with Crippen LogP contribution in [0.3, 0.4) is 0 Å². The number of aliphatic hydroxyl groups excluding tert-OH is 1. The van der Waals surface area contributed by atoms with Crippen molar-refractivity contribution in [3.63, 3.8) is 0 Å². The number of nitriles is 1. The predicted molar refractivity (Wildman–Crippen MR) is 111 cm³/mol. The Balaban J connectivity index is 0.00000261. The molecule has 27 heavy (non-hydrogen) atoms. The molecule has 1 saturated heterocycles. The van der Waals surface area contributed by atoms with Gasteiger partial charge < -0.3 is 19.5 Å². The van der Waals surface area contributed by atoms with Gasteiger partial charge in [-0.1, -0.05) is 6.07 Å². The summed E-state index contributed by atoms with van der Waals surface area (Å²) < 4.78 is 10.7. The average Bonchev–Trinajstić information content (AvgIpc) is 3.16. The first-order valence-electron chi connectivity index (χ1n) is 8.51. The van der Waals surface area contributed by atoms with Crippen LogP contribution in [0.1, 0.15) is 23.3 Å². The quantitative estimate of drug-likeness (QED) is 0.757. The lowest BCUT2D eigenvalue weighted by Crippen LogP contribution is -2.35. The Morgan fingerprint density at radius 3 is 2.52 bits per heavy atom. The van der Waals surface area contributed by atoms with Gasteiger partial charge in [0.25, 0.3) is 0 Å². The van der Waals surface area contributed by atoms with Gasteiger partial charge in [-0.3, -0.25) is 0 Å². The van der Waals surface area contributed by atoms with Gasteiger partial charge in [-0.25, -0.2) is 0 Å². The van der Waals surface area contributed by atoms with Crippen LogP contribution in [-0.2, 0) is 0 Å². The average molecular weight is 407 g/mol. The zero-order valence-corrected chi connectivity index (χ0v) is 17.0. The highest BCUT2D eigenvalue weighted by Gasteiger charge is 2.19. The second-order valence-corrected chi connectivity index (χ2v) is 7.18. The Bertz CT molecular complexity index is 836. The van der Waals surface area contributed by atoms with E-state index in [1.807, 2.05) is 24.3 Å². The van der Waals surface area contributed by atoms with Crippen LogP contribution in [0.4, 0.5) is 5.00 Å². The lowest BCUT2D eigenvalue weighted by atomic mass is 10.0. The highest BCUT2D eigenvalue weighted by atomic mass is 35.5. The number of rotatable bonds is 5. The highest BCUT2D eigenvalue weighted by Crippen LogP contribution is 2.38. The molecule has 0 aliphatic carbocycles. The van der Waals surface area contributed by atoms with Crippen LogP contribution >= 0.6 is 23.7 Å². The fourth-order valence-electron chi connectivity index (χ4n) is 3.09. The lowest BCUT2D eigenvalue weighted by Gasteiger charge is -2.30. The minimum atomic E-state index is -0.188. The van der Waals surface area contributed by atoms with E-state index < -0.39 is 0 Å². The molecule has 0 radical (unpaired) electrons. The Morgan fingerprint density at radius 2 is 1.89 bits per heavy atom. The maximum atomic E-state index is 9.69. The van der Waals surface area contributed by atoms with Crippen LogP contribution in [-0.4, -0.2) is 38.5 Å². The van der Waals surface area contributed by atoms with Crippen molar-refractivity contribution in [2.75, 3.05) is 32.2 Å². The first kappa shape index (κ1) is 21.1. The molecular formula is C20H23ClN2O3S. The third-order valence-corrected chi connectivity index (χ3v) is 5.72. The van der Waals surface area contributed by atoms with Gasteiger partial charge in [0.05, 0.1) is 31.4 Å². The molecule has 1 N–H and O–H groups in total. The van der Waals surface area contributed by atoms with Crippen LogP contribution < -0.4 is 14.4 Å². The number of allylic oxidation sites excluding steroid dienone is 1. The number of piperidine rings is 1. The van der Waals surface area contributed by atoms with E-state index in [0.29, 0.717) is 11.5 Å². The number of halogens is 1. The smallest absolute Gasteiger partial charge is 0.161 e. The van der Waals surface area contributed by atoms with E-state index >= 15 is 0 Å². The summed E-state index contributed by atoms with van der Waals surface area (Å²) in [4.78, 5) is 3.32. The summed E-state index contributed by atoms with van der Waals surface area (Å²) in [6.07, 6.45) is 2.97. The van der Waals surface area contributed by atoms with Gasteiger partial charge in [-0.15, -0.1) is 23.7 Å². The molecule has 0 amide bonds. The highest BCUT2D eigenvalue weighted by molar-refractivity contribution is 7.17. The number of hydrogen-bond donors (Lipinski definition) is 1. The molecule has 2 aromatic rings. The van der Waals surface area contributed by atoms with Gasteiger partial charge in [-0.2, -0.15) is 5.26 Å². The van der Waals surface area contributed by atoms with Gasteiger partial charge in [0.2, 0.25) is 0 Å². The Hall–Kier alpha value is -2.20. The first-order chi connectivity index (χ1) is 12.7. The third-order valence-electron chi connectivity index (χ3n) is 4.54. The van der Waals surface area contributed by atoms with E-state index in [1.54, 1.807) is 31.6 Å². The molecule has 144 valence electrons. The summed E-state index contributed by atoms with van der Waals surface area (Å²) in [5.41, 5.74) is 1.77. The summed E-state index contributed by atoms with van der Waals surface area (Å²) in [6, 6.07) is 12.0. The van der Waals surface area contributed by atoms with Crippen molar-refractivity contribution in [2.24, 2.45) is 0 Å². The zero-order valence-electron chi connectivity index (χ0n) is 15.3. The lowest BCUT2D eigenvalue weighted by molar-refractivity contribution is 0.145. The van der Waals surface area contributed by atoms with Crippen LogP contribution in [0.15, 0.2) is 36.4 Å². The molecule has 1 aromatic carbocycles. The Labute approximate surface area is 169 Å². The van der Waals surface area contributed by atoms with E-state index in [0.717, 1.165) is 46.9 Å². The van der Waals surface area contributed by atoms with Gasteiger partial charge >= 0.3 is 0 Å². The molecule has 1 aliphatic rings. The molecule has 1 fully saturated rings. The largest absolute Gasteiger partial charge is 0.493 e. The molecule has 7 heteroatoms. The predicted octanol–water partition coefficient (Wildman–Crippen LogP) is 4.10. The fraction of sp³-hybridized carbons (Fsp3) is 0.350. The standard InChI is InChI=1S/C20H22N2O3S.ClH/c1-24-17-4-3-14(13-18(17)25-2)16(7-10-21)19-5-6-20(26-19)22-11-8-15(23)9-12-22;/h3-7,13,15,23H,8-9,11-12H2,1-2H3;1H/b16-7-;. The van der Waals surface area contributed by atoms with Gasteiger partial charge in [0.15, 0.2) is 11.5 Å². The summed E-state index contributed by atoms with van der Waals surface area (Å²) in [5, 5.41) is 20.1. The maximum Gasteiger partial charge on any atom is 0.161 e. The van der Waals surface area contributed by atoms with Crippen LogP contribution in [0.5, 0.6) is 11.5 Å². The molecule has 5 nitrogen and oxygen atoms in total. The summed E-state index contributed by atoms with van der Waals surface area (Å²) >= 11 is 1.66. The second kappa shape index (κ2) is 9.65. The minimum absolute atomic E-state index is 0. The monoisotopic (exact) mass is 406 g/mol. The van der Waals surface area contributed by atoms with Crippen LogP contribution in [0.2, 0.25) is 0 Å². The molecule has 0 saturated carbocycles. The molecular weight excluding hydrogens is 384 g/mol. The van der Waals surface area contributed by atoms with Gasteiger partial charge in [0, 0.05) is 29.6 Å². The molecule has 0 atom stereocenters. The van der Waals surface area contributed by atoms with Gasteiger partial charge in [-0.05, 0) is 42.7 Å². The number of methoxy groups -OCH3 is 2. The van der Waals surface area contributed by atoms with Crippen molar-refractivity contribution in [1.29, 1.82) is 5.26 Å². The minimum Gasteiger partial charge on any atom is -0.493 e. The van der Waals surface area contributed by atoms with E-state index in [2.05, 4.69) is 17.0 Å². The molecule has 0 bridgehead atoms. The molecule has 0 unspecified atom stereocenters. The van der Waals surface area contributed by atoms with E-state index in [9.17, 15) is 10.4 Å². The van der Waals surface area contributed by atoms with Crippen molar-refractivity contribution in [3.8, 4) is 17.6 Å². The molecule has 1 aliphatic heterocycles. The van der Waals surface area contributed by atoms with Gasteiger partial charge in [0.1, 0.15) is 0 Å². The van der Waals surface area contributed by atoms with Crippen molar-refractivity contribution in [3.05, 3.63) is 46.8 Å². The Kier molecular flexibility index (Phi) is 7.55. The Morgan fingerprint density at radius 1 is 1.19 bits per heavy atom. The summed E-state index contributed by atoms with van der Waals surface area (Å²) in [7, 11) is 3.20. The van der Waals surface area contributed by atoms with E-state index in [4.69, 9.17) is 9.47 Å². The number of nitrogens with zero attached hydrogens (tertiary/aromatic N) is 2. The number of hydrogen-bond acceptors (Lipinski definition) is 6. The third kappa shape index (κ3) is 4.75. The van der Waals surface area contributed by atoms with Crippen molar-refractivity contribution in [2.45, 2.75) is 18.9 Å². The number of ether oxygens (including phenoxy) is 2. The fourth-order valence-corrected chi connectivity index (χ4v) is 4.19. The van der Waals surface area contributed by atoms with E-state index in [1.165, 1.54) is 0 Å². The number of benzene rings is 1. The van der Waals surface area contributed by atoms with Crippen LogP contribution in [0.25, 0.3) is 5.57 Å². The van der Waals surface area contributed by atoms with Crippen molar-refractivity contribution >= 4 is 34.3 Å². The second-order valence-electron chi connectivity index (χ2n) is 6.11.